The smallest absolute Gasteiger partial charge is 0.416 e. The van der Waals surface area contributed by atoms with E-state index in [-0.39, 0.29) is 29.4 Å². The highest BCUT2D eigenvalue weighted by Gasteiger charge is 2.31. The van der Waals surface area contributed by atoms with E-state index in [2.05, 4.69) is 5.32 Å². The largest absolute Gasteiger partial charge is 0.465 e. The SMILES string of the molecule is CCOC(=O)CNc1ccc(C(F)(F)F)cc1-c1ccc(S(=O)(=O)CC)cc1. The van der Waals surface area contributed by atoms with Gasteiger partial charge in [0.25, 0.3) is 0 Å². The molecule has 0 atom stereocenters. The number of carbonyl (C=O) groups is 1. The molecule has 0 amide bonds. The molecular formula is C19H20F3NO4S. The van der Waals surface area contributed by atoms with E-state index in [1.165, 1.54) is 37.3 Å². The van der Waals surface area contributed by atoms with Gasteiger partial charge in [-0.2, -0.15) is 13.2 Å². The predicted molar refractivity (Wildman–Crippen MR) is 99.7 cm³/mol. The molecule has 0 fully saturated rings. The van der Waals surface area contributed by atoms with Gasteiger partial charge in [-0.05, 0) is 42.8 Å². The van der Waals surface area contributed by atoms with E-state index in [4.69, 9.17) is 4.74 Å². The van der Waals surface area contributed by atoms with Crippen molar-refractivity contribution in [2.75, 3.05) is 24.2 Å². The van der Waals surface area contributed by atoms with Gasteiger partial charge in [0.2, 0.25) is 0 Å². The molecule has 0 spiro atoms. The van der Waals surface area contributed by atoms with Crippen molar-refractivity contribution in [3.63, 3.8) is 0 Å². The molecule has 0 aliphatic heterocycles. The molecule has 0 heterocycles. The van der Waals surface area contributed by atoms with Crippen molar-refractivity contribution in [1.82, 2.24) is 0 Å². The summed E-state index contributed by atoms with van der Waals surface area (Å²) in [6, 6.07) is 8.67. The minimum atomic E-state index is -4.54. The molecule has 0 aromatic heterocycles. The lowest BCUT2D eigenvalue weighted by atomic mass is 10.0. The molecule has 2 rings (SSSR count). The summed E-state index contributed by atoms with van der Waals surface area (Å²) in [6.07, 6.45) is -4.54. The molecule has 0 radical (unpaired) electrons. The standard InChI is InChI=1S/C19H20F3NO4S/c1-3-27-18(24)12-23-17-10-7-14(19(20,21)22)11-16(17)13-5-8-15(9-6-13)28(25,26)4-2/h5-11,23H,3-4,12H2,1-2H3. The lowest BCUT2D eigenvalue weighted by Gasteiger charge is -2.15. The van der Waals surface area contributed by atoms with Crippen LogP contribution in [0.2, 0.25) is 0 Å². The van der Waals surface area contributed by atoms with Crippen LogP contribution < -0.4 is 5.32 Å². The van der Waals surface area contributed by atoms with Gasteiger partial charge in [0.1, 0.15) is 6.54 Å². The number of halogens is 3. The molecule has 2 aromatic carbocycles. The van der Waals surface area contributed by atoms with Crippen LogP contribution in [-0.2, 0) is 25.5 Å². The molecule has 2 aromatic rings. The zero-order valence-corrected chi connectivity index (χ0v) is 16.2. The third-order valence-electron chi connectivity index (χ3n) is 3.98. The molecule has 0 unspecified atom stereocenters. The van der Waals surface area contributed by atoms with Crippen molar-refractivity contribution in [1.29, 1.82) is 0 Å². The molecule has 0 bridgehead atoms. The number of esters is 1. The lowest BCUT2D eigenvalue weighted by Crippen LogP contribution is -2.17. The number of benzene rings is 2. The van der Waals surface area contributed by atoms with Crippen LogP contribution in [0.25, 0.3) is 11.1 Å². The van der Waals surface area contributed by atoms with Crippen LogP contribution in [0, 0.1) is 0 Å². The van der Waals surface area contributed by atoms with Crippen molar-refractivity contribution in [3.05, 3.63) is 48.0 Å². The Hall–Kier alpha value is -2.55. The molecule has 0 saturated carbocycles. The highest BCUT2D eigenvalue weighted by atomic mass is 32.2. The van der Waals surface area contributed by atoms with Crippen molar-refractivity contribution in [2.24, 2.45) is 0 Å². The molecule has 0 aliphatic rings. The van der Waals surface area contributed by atoms with Crippen molar-refractivity contribution in [2.45, 2.75) is 24.9 Å². The minimum Gasteiger partial charge on any atom is -0.465 e. The Kier molecular flexibility index (Phi) is 6.71. The monoisotopic (exact) mass is 415 g/mol. The maximum Gasteiger partial charge on any atom is 0.416 e. The molecule has 0 aliphatic carbocycles. The van der Waals surface area contributed by atoms with Gasteiger partial charge < -0.3 is 10.1 Å². The Labute approximate surface area is 161 Å². The van der Waals surface area contributed by atoms with Gasteiger partial charge in [-0.15, -0.1) is 0 Å². The van der Waals surface area contributed by atoms with E-state index < -0.39 is 27.5 Å². The fraction of sp³-hybridized carbons (Fsp3) is 0.316. The Morgan fingerprint density at radius 1 is 1.07 bits per heavy atom. The number of rotatable bonds is 7. The van der Waals surface area contributed by atoms with Gasteiger partial charge in [0.05, 0.1) is 22.8 Å². The molecule has 152 valence electrons. The van der Waals surface area contributed by atoms with Gasteiger partial charge in [-0.3, -0.25) is 4.79 Å². The summed E-state index contributed by atoms with van der Waals surface area (Å²) in [5.41, 5.74) is 0.0219. The van der Waals surface area contributed by atoms with Crippen LogP contribution in [-0.4, -0.2) is 33.3 Å². The summed E-state index contributed by atoms with van der Waals surface area (Å²) in [4.78, 5) is 11.6. The zero-order chi connectivity index (χ0) is 20.9. The van der Waals surface area contributed by atoms with Crippen molar-refractivity contribution < 1.29 is 31.1 Å². The summed E-state index contributed by atoms with van der Waals surface area (Å²) < 4.78 is 68.0. The van der Waals surface area contributed by atoms with E-state index >= 15 is 0 Å². The maximum atomic E-state index is 13.1. The number of alkyl halides is 3. The maximum absolute atomic E-state index is 13.1. The van der Waals surface area contributed by atoms with Gasteiger partial charge in [-0.25, -0.2) is 8.42 Å². The predicted octanol–water partition coefficient (Wildman–Crippen LogP) is 4.14. The first kappa shape index (κ1) is 21.7. The number of anilines is 1. The highest BCUT2D eigenvalue weighted by molar-refractivity contribution is 7.91. The van der Waals surface area contributed by atoms with Crippen LogP contribution in [0.5, 0.6) is 0 Å². The Morgan fingerprint density at radius 3 is 2.25 bits per heavy atom. The summed E-state index contributed by atoms with van der Waals surface area (Å²) in [5.74, 6) is -0.625. The average molecular weight is 415 g/mol. The molecule has 28 heavy (non-hydrogen) atoms. The topological polar surface area (TPSA) is 72.5 Å². The Bertz CT molecular complexity index is 939. The average Bonchev–Trinajstić information content (AvgIpc) is 2.66. The van der Waals surface area contributed by atoms with Crippen LogP contribution in [0.15, 0.2) is 47.4 Å². The number of carbonyl (C=O) groups excluding carboxylic acids is 1. The van der Waals surface area contributed by atoms with E-state index in [0.717, 1.165) is 12.1 Å². The summed E-state index contributed by atoms with van der Waals surface area (Å²) >= 11 is 0. The highest BCUT2D eigenvalue weighted by Crippen LogP contribution is 2.36. The third kappa shape index (κ3) is 5.25. The second kappa shape index (κ2) is 8.64. The van der Waals surface area contributed by atoms with Crippen molar-refractivity contribution in [3.8, 4) is 11.1 Å². The number of ether oxygens (including phenoxy) is 1. The van der Waals surface area contributed by atoms with Crippen LogP contribution in [0.3, 0.4) is 0 Å². The second-order valence-electron chi connectivity index (χ2n) is 5.84. The van der Waals surface area contributed by atoms with Crippen LogP contribution >= 0.6 is 0 Å². The van der Waals surface area contributed by atoms with Crippen molar-refractivity contribution >= 4 is 21.5 Å². The molecular weight excluding hydrogens is 395 g/mol. The third-order valence-corrected chi connectivity index (χ3v) is 5.73. The number of sulfone groups is 1. The summed E-state index contributed by atoms with van der Waals surface area (Å²) in [5, 5.41) is 2.77. The van der Waals surface area contributed by atoms with E-state index in [1.807, 2.05) is 0 Å². The molecule has 5 nitrogen and oxygen atoms in total. The molecule has 1 N–H and O–H groups in total. The van der Waals surface area contributed by atoms with Gasteiger partial charge >= 0.3 is 12.1 Å². The Morgan fingerprint density at radius 2 is 1.71 bits per heavy atom. The van der Waals surface area contributed by atoms with E-state index in [1.54, 1.807) is 6.92 Å². The summed E-state index contributed by atoms with van der Waals surface area (Å²) in [7, 11) is -3.42. The van der Waals surface area contributed by atoms with E-state index in [0.29, 0.717) is 11.3 Å². The fourth-order valence-corrected chi connectivity index (χ4v) is 3.39. The lowest BCUT2D eigenvalue weighted by molar-refractivity contribution is -0.141. The first-order valence-corrected chi connectivity index (χ1v) is 10.2. The van der Waals surface area contributed by atoms with Gasteiger partial charge in [-0.1, -0.05) is 19.1 Å². The summed E-state index contributed by atoms with van der Waals surface area (Å²) in [6.45, 7) is 3.13. The molecule has 0 saturated heterocycles. The zero-order valence-electron chi connectivity index (χ0n) is 15.3. The van der Waals surface area contributed by atoms with Crippen LogP contribution in [0.4, 0.5) is 18.9 Å². The number of hydrogen-bond donors (Lipinski definition) is 1. The van der Waals surface area contributed by atoms with E-state index in [9.17, 15) is 26.4 Å². The second-order valence-corrected chi connectivity index (χ2v) is 8.12. The quantitative estimate of drug-likeness (QED) is 0.688. The van der Waals surface area contributed by atoms with Gasteiger partial charge in [0, 0.05) is 11.3 Å². The minimum absolute atomic E-state index is 0.0811. The number of hydrogen-bond acceptors (Lipinski definition) is 5. The normalized spacial score (nSPS) is 11.9. The number of nitrogens with one attached hydrogen (secondary N) is 1. The van der Waals surface area contributed by atoms with Gasteiger partial charge in [0.15, 0.2) is 9.84 Å². The first-order chi connectivity index (χ1) is 13.1. The fourth-order valence-electron chi connectivity index (χ4n) is 2.50. The molecule has 9 heteroatoms. The Balaban J connectivity index is 2.45. The van der Waals surface area contributed by atoms with Crippen LogP contribution in [0.1, 0.15) is 19.4 Å². The first-order valence-electron chi connectivity index (χ1n) is 8.52.